The first-order valence-corrected chi connectivity index (χ1v) is 6.97. The molecule has 0 heterocycles. The van der Waals surface area contributed by atoms with Crippen LogP contribution in [0.3, 0.4) is 0 Å². The molecule has 0 atom stereocenters. The minimum absolute atomic E-state index is 0.151. The first-order valence-electron chi connectivity index (χ1n) is 6.97. The molecule has 0 aliphatic heterocycles. The van der Waals surface area contributed by atoms with Crippen molar-refractivity contribution in [3.63, 3.8) is 0 Å². The molecule has 3 rings (SSSR count). The molecule has 0 bridgehead atoms. The summed E-state index contributed by atoms with van der Waals surface area (Å²) in [4.78, 5) is 22.3. The van der Waals surface area contributed by atoms with Gasteiger partial charge in [0.25, 0.3) is 0 Å². The number of hydrogen-bond acceptors (Lipinski definition) is 2. The monoisotopic (exact) mass is 294 g/mol. The fraction of sp³-hybridized carbons (Fsp3) is 0.111. The van der Waals surface area contributed by atoms with Crippen LogP contribution in [0.15, 0.2) is 42.5 Å². The van der Waals surface area contributed by atoms with Crippen molar-refractivity contribution in [2.24, 2.45) is 0 Å². The van der Waals surface area contributed by atoms with Crippen LogP contribution in [0.25, 0.3) is 16.7 Å². The molecule has 0 aromatic heterocycles. The predicted molar refractivity (Wildman–Crippen MR) is 82.9 cm³/mol. The Kier molecular flexibility index (Phi) is 3.29. The largest absolute Gasteiger partial charge is 0.478 e. The van der Waals surface area contributed by atoms with Gasteiger partial charge in [-0.2, -0.15) is 0 Å². The van der Waals surface area contributed by atoms with Crippen LogP contribution in [0.1, 0.15) is 34.0 Å². The standard InChI is InChI=1S/C18H14O4/c1-2-10-3-5-12-13-6-4-11(18(21)22)8-15(13)16(9-17(19)20)14(12)7-10/h3-9H,2H2,1H3,(H,19,20)(H,21,22)/b16-9+. The van der Waals surface area contributed by atoms with Crippen molar-refractivity contribution in [3.05, 3.63) is 64.7 Å². The molecule has 0 amide bonds. The highest BCUT2D eigenvalue weighted by molar-refractivity contribution is 6.07. The van der Waals surface area contributed by atoms with Crippen LogP contribution in [-0.4, -0.2) is 22.2 Å². The Morgan fingerprint density at radius 3 is 2.18 bits per heavy atom. The number of fused-ring (bicyclic) bond motifs is 3. The number of carboxylic acid groups (broad SMARTS) is 2. The van der Waals surface area contributed by atoms with E-state index < -0.39 is 11.9 Å². The van der Waals surface area contributed by atoms with Gasteiger partial charge in [0.15, 0.2) is 0 Å². The minimum atomic E-state index is -1.04. The van der Waals surface area contributed by atoms with Crippen molar-refractivity contribution in [1.82, 2.24) is 0 Å². The van der Waals surface area contributed by atoms with Crippen molar-refractivity contribution < 1.29 is 19.8 Å². The third kappa shape index (κ3) is 2.19. The molecule has 4 nitrogen and oxygen atoms in total. The Morgan fingerprint density at radius 2 is 1.59 bits per heavy atom. The van der Waals surface area contributed by atoms with E-state index in [0.29, 0.717) is 11.1 Å². The van der Waals surface area contributed by atoms with Gasteiger partial charge in [0.05, 0.1) is 5.56 Å². The lowest BCUT2D eigenvalue weighted by atomic mass is 10.0. The lowest BCUT2D eigenvalue weighted by Crippen LogP contribution is -1.97. The summed E-state index contributed by atoms with van der Waals surface area (Å²) < 4.78 is 0. The van der Waals surface area contributed by atoms with Gasteiger partial charge in [-0.05, 0) is 51.9 Å². The number of aliphatic carboxylic acids is 1. The Balaban J connectivity index is 2.29. The summed E-state index contributed by atoms with van der Waals surface area (Å²) in [6, 6.07) is 10.8. The maximum absolute atomic E-state index is 11.2. The highest BCUT2D eigenvalue weighted by Gasteiger charge is 2.25. The average molecular weight is 294 g/mol. The molecule has 4 heteroatoms. The zero-order valence-corrected chi connectivity index (χ0v) is 12.0. The number of aryl methyl sites for hydroxylation is 1. The number of aromatic carboxylic acids is 1. The van der Waals surface area contributed by atoms with Crippen molar-refractivity contribution in [2.75, 3.05) is 0 Å². The molecular formula is C18H14O4. The molecule has 0 unspecified atom stereocenters. The molecular weight excluding hydrogens is 280 g/mol. The molecule has 2 aromatic carbocycles. The molecule has 22 heavy (non-hydrogen) atoms. The van der Waals surface area contributed by atoms with E-state index in [1.54, 1.807) is 12.1 Å². The Morgan fingerprint density at radius 1 is 0.955 bits per heavy atom. The Hall–Kier alpha value is -2.88. The number of carboxylic acids is 2. The van der Waals surface area contributed by atoms with Crippen LogP contribution in [0.4, 0.5) is 0 Å². The van der Waals surface area contributed by atoms with Gasteiger partial charge in [-0.15, -0.1) is 0 Å². The second-order valence-corrected chi connectivity index (χ2v) is 5.20. The molecule has 2 aromatic rings. The van der Waals surface area contributed by atoms with E-state index in [1.165, 1.54) is 6.07 Å². The fourth-order valence-corrected chi connectivity index (χ4v) is 2.83. The van der Waals surface area contributed by atoms with E-state index in [9.17, 15) is 9.59 Å². The SMILES string of the molecule is CCc1ccc2c(c1)/C(=C\C(=O)O)c1cc(C(=O)O)ccc1-2. The van der Waals surface area contributed by atoms with E-state index in [4.69, 9.17) is 10.2 Å². The fourth-order valence-electron chi connectivity index (χ4n) is 2.83. The van der Waals surface area contributed by atoms with Gasteiger partial charge < -0.3 is 10.2 Å². The van der Waals surface area contributed by atoms with Gasteiger partial charge in [-0.25, -0.2) is 9.59 Å². The van der Waals surface area contributed by atoms with Crippen LogP contribution in [0, 0.1) is 0 Å². The van der Waals surface area contributed by atoms with Crippen molar-refractivity contribution in [1.29, 1.82) is 0 Å². The molecule has 0 spiro atoms. The lowest BCUT2D eigenvalue weighted by Gasteiger charge is -2.04. The summed E-state index contributed by atoms with van der Waals surface area (Å²) >= 11 is 0. The maximum Gasteiger partial charge on any atom is 0.335 e. The quantitative estimate of drug-likeness (QED) is 0.726. The van der Waals surface area contributed by atoms with Gasteiger partial charge in [0.2, 0.25) is 0 Å². The van der Waals surface area contributed by atoms with E-state index in [-0.39, 0.29) is 5.56 Å². The maximum atomic E-state index is 11.2. The summed E-state index contributed by atoms with van der Waals surface area (Å²) in [6.07, 6.45) is 2.00. The summed E-state index contributed by atoms with van der Waals surface area (Å²) in [5, 5.41) is 18.3. The summed E-state index contributed by atoms with van der Waals surface area (Å²) in [6.45, 7) is 2.03. The van der Waals surface area contributed by atoms with E-state index >= 15 is 0 Å². The molecule has 1 aliphatic rings. The zero-order chi connectivity index (χ0) is 15.9. The minimum Gasteiger partial charge on any atom is -0.478 e. The molecule has 0 saturated heterocycles. The topological polar surface area (TPSA) is 74.6 Å². The molecule has 1 aliphatic carbocycles. The van der Waals surface area contributed by atoms with Crippen LogP contribution in [0.2, 0.25) is 0 Å². The number of rotatable bonds is 3. The first kappa shape index (κ1) is 14.1. The number of benzene rings is 2. The third-order valence-corrected chi connectivity index (χ3v) is 3.90. The Labute approximate surface area is 127 Å². The van der Waals surface area contributed by atoms with E-state index in [0.717, 1.165) is 34.8 Å². The van der Waals surface area contributed by atoms with Crippen LogP contribution >= 0.6 is 0 Å². The average Bonchev–Trinajstić information content (AvgIpc) is 2.79. The van der Waals surface area contributed by atoms with Crippen LogP contribution in [-0.2, 0) is 11.2 Å². The van der Waals surface area contributed by atoms with Gasteiger partial charge in [-0.1, -0.05) is 31.2 Å². The summed E-state index contributed by atoms with van der Waals surface area (Å²) in [7, 11) is 0. The van der Waals surface area contributed by atoms with E-state index in [2.05, 4.69) is 0 Å². The molecule has 2 N–H and O–H groups in total. The first-order chi connectivity index (χ1) is 10.5. The predicted octanol–water partition coefficient (Wildman–Crippen LogP) is 3.44. The van der Waals surface area contributed by atoms with Gasteiger partial charge in [0.1, 0.15) is 0 Å². The number of carbonyl (C=O) groups is 2. The number of hydrogen-bond donors (Lipinski definition) is 2. The molecule has 0 fully saturated rings. The van der Waals surface area contributed by atoms with Crippen LogP contribution in [0.5, 0.6) is 0 Å². The third-order valence-electron chi connectivity index (χ3n) is 3.90. The Bertz CT molecular complexity index is 831. The van der Waals surface area contributed by atoms with Crippen molar-refractivity contribution in [3.8, 4) is 11.1 Å². The highest BCUT2D eigenvalue weighted by Crippen LogP contribution is 2.44. The molecule has 0 radical (unpaired) electrons. The van der Waals surface area contributed by atoms with Crippen molar-refractivity contribution in [2.45, 2.75) is 13.3 Å². The van der Waals surface area contributed by atoms with Gasteiger partial charge >= 0.3 is 11.9 Å². The highest BCUT2D eigenvalue weighted by atomic mass is 16.4. The molecule has 0 saturated carbocycles. The van der Waals surface area contributed by atoms with Crippen LogP contribution < -0.4 is 0 Å². The van der Waals surface area contributed by atoms with Gasteiger partial charge in [0, 0.05) is 6.08 Å². The second kappa shape index (κ2) is 5.15. The zero-order valence-electron chi connectivity index (χ0n) is 12.0. The summed E-state index contributed by atoms with van der Waals surface area (Å²) in [5.74, 6) is -2.07. The molecule has 110 valence electrons. The van der Waals surface area contributed by atoms with Crippen molar-refractivity contribution >= 4 is 17.5 Å². The smallest absolute Gasteiger partial charge is 0.335 e. The van der Waals surface area contributed by atoms with E-state index in [1.807, 2.05) is 25.1 Å². The lowest BCUT2D eigenvalue weighted by molar-refractivity contribution is -0.131. The normalized spacial score (nSPS) is 13.8. The second-order valence-electron chi connectivity index (χ2n) is 5.20. The summed E-state index contributed by atoms with van der Waals surface area (Å²) in [5.41, 5.74) is 5.15. The van der Waals surface area contributed by atoms with Gasteiger partial charge in [-0.3, -0.25) is 0 Å².